The molecule has 0 saturated heterocycles. The van der Waals surface area contributed by atoms with Crippen LogP contribution >= 0.6 is 23.4 Å². The topological polar surface area (TPSA) is 49.4 Å². The fraction of sp³-hybridized carbons (Fsp3) is 0.391. The first kappa shape index (κ1) is 23.3. The smallest absolute Gasteiger partial charge is 0.242 e. The van der Waals surface area contributed by atoms with Crippen LogP contribution in [-0.4, -0.2) is 34.0 Å². The predicted octanol–water partition coefficient (Wildman–Crippen LogP) is 4.91. The number of benzene rings is 2. The molecule has 6 heteroatoms. The van der Waals surface area contributed by atoms with Gasteiger partial charge in [-0.2, -0.15) is 0 Å². The van der Waals surface area contributed by atoms with E-state index in [4.69, 9.17) is 11.6 Å². The van der Waals surface area contributed by atoms with Crippen molar-refractivity contribution in [2.75, 3.05) is 5.75 Å². The van der Waals surface area contributed by atoms with Gasteiger partial charge in [0, 0.05) is 22.9 Å². The van der Waals surface area contributed by atoms with Crippen LogP contribution < -0.4 is 5.32 Å². The molecule has 2 rings (SSSR count). The summed E-state index contributed by atoms with van der Waals surface area (Å²) in [5.41, 5.74) is 1.76. The van der Waals surface area contributed by atoms with Gasteiger partial charge in [-0.3, -0.25) is 9.59 Å². The maximum Gasteiger partial charge on any atom is 0.242 e. The fourth-order valence-electron chi connectivity index (χ4n) is 2.76. The summed E-state index contributed by atoms with van der Waals surface area (Å²) in [7, 11) is 0. The van der Waals surface area contributed by atoms with Crippen LogP contribution in [0.15, 0.2) is 54.6 Å². The second-order valence-electron chi connectivity index (χ2n) is 8.04. The highest BCUT2D eigenvalue weighted by Crippen LogP contribution is 2.18. The van der Waals surface area contributed by atoms with Crippen molar-refractivity contribution in [1.82, 2.24) is 10.2 Å². The Morgan fingerprint density at radius 2 is 1.66 bits per heavy atom. The molecule has 1 N–H and O–H groups in total. The molecule has 2 aromatic carbocycles. The van der Waals surface area contributed by atoms with Crippen LogP contribution in [0.5, 0.6) is 0 Å². The molecule has 29 heavy (non-hydrogen) atoms. The molecule has 1 atom stereocenters. The van der Waals surface area contributed by atoms with E-state index < -0.39 is 6.04 Å². The molecule has 0 aliphatic heterocycles. The molecule has 4 nitrogen and oxygen atoms in total. The Morgan fingerprint density at radius 3 is 2.24 bits per heavy atom. The number of carbonyl (C=O) groups excluding carboxylic acids is 2. The van der Waals surface area contributed by atoms with E-state index in [0.29, 0.717) is 23.1 Å². The Morgan fingerprint density at radius 1 is 1.03 bits per heavy atom. The predicted molar refractivity (Wildman–Crippen MR) is 122 cm³/mol. The van der Waals surface area contributed by atoms with Crippen LogP contribution in [0.2, 0.25) is 5.02 Å². The SMILES string of the molecule is CC(C(=O)NC(C)(C)C)N(Cc1ccccc1)C(=O)CSCc1ccc(Cl)cc1. The van der Waals surface area contributed by atoms with Crippen LogP contribution in [0.25, 0.3) is 0 Å². The Kier molecular flexibility index (Phi) is 8.60. The third kappa shape index (κ3) is 8.11. The summed E-state index contributed by atoms with van der Waals surface area (Å²) in [5, 5.41) is 3.67. The van der Waals surface area contributed by atoms with E-state index in [1.165, 1.54) is 11.8 Å². The number of hydrogen-bond donors (Lipinski definition) is 1. The van der Waals surface area contributed by atoms with E-state index in [1.807, 2.05) is 75.4 Å². The molecule has 156 valence electrons. The highest BCUT2D eigenvalue weighted by Gasteiger charge is 2.28. The van der Waals surface area contributed by atoms with Gasteiger partial charge in [-0.05, 0) is 51.0 Å². The minimum absolute atomic E-state index is 0.0515. The average molecular weight is 433 g/mol. The van der Waals surface area contributed by atoms with E-state index in [-0.39, 0.29) is 17.4 Å². The van der Waals surface area contributed by atoms with Crippen molar-refractivity contribution in [2.45, 2.75) is 51.6 Å². The molecule has 0 radical (unpaired) electrons. The Labute approximate surface area is 183 Å². The number of nitrogens with zero attached hydrogens (tertiary/aromatic N) is 1. The summed E-state index contributed by atoms with van der Waals surface area (Å²) in [6, 6.07) is 16.8. The molecule has 2 aromatic rings. The normalized spacial score (nSPS) is 12.3. The maximum atomic E-state index is 13.0. The van der Waals surface area contributed by atoms with Crippen molar-refractivity contribution in [2.24, 2.45) is 0 Å². The van der Waals surface area contributed by atoms with Crippen molar-refractivity contribution in [3.05, 3.63) is 70.7 Å². The Balaban J connectivity index is 2.05. The molecular formula is C23H29ClN2O2S. The van der Waals surface area contributed by atoms with Gasteiger partial charge in [0.1, 0.15) is 6.04 Å². The first-order valence-corrected chi connectivity index (χ1v) is 11.2. The molecule has 0 fully saturated rings. The number of amides is 2. The van der Waals surface area contributed by atoms with Crippen molar-refractivity contribution < 1.29 is 9.59 Å². The Bertz CT molecular complexity index is 804. The molecule has 2 amide bonds. The number of thioether (sulfide) groups is 1. The lowest BCUT2D eigenvalue weighted by atomic mass is 10.1. The third-order valence-corrected chi connectivity index (χ3v) is 5.51. The van der Waals surface area contributed by atoms with E-state index in [2.05, 4.69) is 5.32 Å². The van der Waals surface area contributed by atoms with Crippen LogP contribution in [0.3, 0.4) is 0 Å². The second-order valence-corrected chi connectivity index (χ2v) is 9.46. The lowest BCUT2D eigenvalue weighted by molar-refractivity contribution is -0.139. The lowest BCUT2D eigenvalue weighted by Crippen LogP contribution is -2.52. The van der Waals surface area contributed by atoms with Gasteiger partial charge in [-0.1, -0.05) is 54.1 Å². The highest BCUT2D eigenvalue weighted by molar-refractivity contribution is 7.99. The molecule has 0 saturated carbocycles. The van der Waals surface area contributed by atoms with Gasteiger partial charge in [0.15, 0.2) is 0 Å². The fourth-order valence-corrected chi connectivity index (χ4v) is 3.75. The van der Waals surface area contributed by atoms with Gasteiger partial charge in [-0.25, -0.2) is 0 Å². The monoisotopic (exact) mass is 432 g/mol. The quantitative estimate of drug-likeness (QED) is 0.645. The van der Waals surface area contributed by atoms with Crippen molar-refractivity contribution in [3.8, 4) is 0 Å². The van der Waals surface area contributed by atoms with Crippen molar-refractivity contribution in [1.29, 1.82) is 0 Å². The number of carbonyl (C=O) groups is 2. The Hall–Kier alpha value is -1.98. The van der Waals surface area contributed by atoms with Crippen molar-refractivity contribution in [3.63, 3.8) is 0 Å². The minimum Gasteiger partial charge on any atom is -0.350 e. The lowest BCUT2D eigenvalue weighted by Gasteiger charge is -2.31. The van der Waals surface area contributed by atoms with Crippen LogP contribution in [0, 0.1) is 0 Å². The molecule has 1 unspecified atom stereocenters. The largest absolute Gasteiger partial charge is 0.350 e. The van der Waals surface area contributed by atoms with Gasteiger partial charge in [0.2, 0.25) is 11.8 Å². The van der Waals surface area contributed by atoms with Crippen LogP contribution in [0.1, 0.15) is 38.8 Å². The van der Waals surface area contributed by atoms with Gasteiger partial charge in [0.25, 0.3) is 0 Å². The van der Waals surface area contributed by atoms with E-state index >= 15 is 0 Å². The zero-order valence-electron chi connectivity index (χ0n) is 17.4. The number of halogens is 1. The molecule has 0 aromatic heterocycles. The third-order valence-electron chi connectivity index (χ3n) is 4.27. The van der Waals surface area contributed by atoms with Gasteiger partial charge in [-0.15, -0.1) is 11.8 Å². The first-order chi connectivity index (χ1) is 13.7. The summed E-state index contributed by atoms with van der Waals surface area (Å²) in [6.07, 6.45) is 0. The first-order valence-electron chi connectivity index (χ1n) is 9.63. The summed E-state index contributed by atoms with van der Waals surface area (Å²) in [6.45, 7) is 7.99. The van der Waals surface area contributed by atoms with E-state index in [0.717, 1.165) is 11.1 Å². The zero-order valence-corrected chi connectivity index (χ0v) is 19.0. The zero-order chi connectivity index (χ0) is 21.4. The molecule has 0 bridgehead atoms. The molecule has 0 aliphatic rings. The highest BCUT2D eigenvalue weighted by atomic mass is 35.5. The van der Waals surface area contributed by atoms with Crippen LogP contribution in [-0.2, 0) is 21.9 Å². The number of nitrogens with one attached hydrogen (secondary N) is 1. The number of rotatable bonds is 8. The van der Waals surface area contributed by atoms with E-state index in [9.17, 15) is 9.59 Å². The van der Waals surface area contributed by atoms with Crippen molar-refractivity contribution >= 4 is 35.2 Å². The van der Waals surface area contributed by atoms with Crippen LogP contribution in [0.4, 0.5) is 0 Å². The molecule has 0 heterocycles. The maximum absolute atomic E-state index is 13.0. The molecule has 0 spiro atoms. The molecule has 0 aliphatic carbocycles. The second kappa shape index (κ2) is 10.7. The van der Waals surface area contributed by atoms with Gasteiger partial charge >= 0.3 is 0 Å². The summed E-state index contributed by atoms with van der Waals surface area (Å²) < 4.78 is 0. The van der Waals surface area contributed by atoms with E-state index in [1.54, 1.807) is 11.8 Å². The van der Waals surface area contributed by atoms with Gasteiger partial charge in [0.05, 0.1) is 5.75 Å². The number of hydrogen-bond acceptors (Lipinski definition) is 3. The minimum atomic E-state index is -0.557. The standard InChI is InChI=1S/C23H29ClN2O2S/c1-17(22(28)25-23(2,3)4)26(14-18-8-6-5-7-9-18)21(27)16-29-15-19-10-12-20(24)13-11-19/h5-13,17H,14-16H2,1-4H3,(H,25,28). The molecular weight excluding hydrogens is 404 g/mol. The average Bonchev–Trinajstić information content (AvgIpc) is 2.66. The van der Waals surface area contributed by atoms with Gasteiger partial charge < -0.3 is 10.2 Å². The summed E-state index contributed by atoms with van der Waals surface area (Å²) in [4.78, 5) is 27.4. The summed E-state index contributed by atoms with van der Waals surface area (Å²) in [5.74, 6) is 0.821. The summed E-state index contributed by atoms with van der Waals surface area (Å²) >= 11 is 7.45.